The average molecular weight is 181 g/mol. The van der Waals surface area contributed by atoms with Gasteiger partial charge >= 0.3 is 5.97 Å². The van der Waals surface area contributed by atoms with Gasteiger partial charge < -0.3 is 9.26 Å². The van der Waals surface area contributed by atoms with Crippen LogP contribution in [0.3, 0.4) is 0 Å². The zero-order valence-electron chi connectivity index (χ0n) is 7.66. The van der Waals surface area contributed by atoms with Crippen LogP contribution in [0.2, 0.25) is 0 Å². The highest BCUT2D eigenvalue weighted by atomic mass is 16.5. The molecular formula is C9H11NO3. The molecule has 0 fully saturated rings. The molecule has 0 aliphatic carbocycles. The van der Waals surface area contributed by atoms with E-state index in [0.717, 1.165) is 0 Å². The Balaban J connectivity index is 2.95. The van der Waals surface area contributed by atoms with Crippen LogP contribution < -0.4 is 0 Å². The molecule has 0 radical (unpaired) electrons. The molecule has 0 spiro atoms. The maximum atomic E-state index is 11.2. The smallest absolute Gasteiger partial charge is 0.360 e. The molecule has 1 heterocycles. The van der Waals surface area contributed by atoms with Crippen LogP contribution in [0.1, 0.15) is 28.7 Å². The van der Waals surface area contributed by atoms with Crippen molar-refractivity contribution >= 4 is 12.0 Å². The van der Waals surface area contributed by atoms with E-state index in [-0.39, 0.29) is 5.69 Å². The predicted molar refractivity (Wildman–Crippen MR) is 47.3 cm³/mol. The normalized spacial score (nSPS) is 9.69. The van der Waals surface area contributed by atoms with Gasteiger partial charge in [0.05, 0.1) is 6.61 Å². The van der Waals surface area contributed by atoms with Crippen molar-refractivity contribution in [2.24, 2.45) is 0 Å². The largest absolute Gasteiger partial charge is 0.461 e. The van der Waals surface area contributed by atoms with Crippen molar-refractivity contribution in [1.82, 2.24) is 5.16 Å². The Bertz CT molecular complexity index is 328. The first-order chi connectivity index (χ1) is 6.20. The summed E-state index contributed by atoms with van der Waals surface area (Å²) in [7, 11) is 0. The summed E-state index contributed by atoms with van der Waals surface area (Å²) in [5, 5.41) is 3.58. The van der Waals surface area contributed by atoms with Crippen LogP contribution in [0.25, 0.3) is 6.08 Å². The fourth-order valence-electron chi connectivity index (χ4n) is 0.929. The first-order valence-electron chi connectivity index (χ1n) is 3.96. The highest BCUT2D eigenvalue weighted by molar-refractivity contribution is 5.89. The lowest BCUT2D eigenvalue weighted by Crippen LogP contribution is -2.06. The van der Waals surface area contributed by atoms with Gasteiger partial charge in [-0.1, -0.05) is 11.7 Å². The van der Waals surface area contributed by atoms with Gasteiger partial charge in [-0.25, -0.2) is 4.79 Å². The molecule has 0 N–H and O–H groups in total. The van der Waals surface area contributed by atoms with Gasteiger partial charge in [-0.2, -0.15) is 0 Å². The van der Waals surface area contributed by atoms with Gasteiger partial charge in [0.1, 0.15) is 0 Å². The monoisotopic (exact) mass is 181 g/mol. The minimum absolute atomic E-state index is 0.219. The lowest BCUT2D eigenvalue weighted by molar-refractivity contribution is 0.0514. The maximum Gasteiger partial charge on any atom is 0.360 e. The first-order valence-corrected chi connectivity index (χ1v) is 3.96. The third-order valence-electron chi connectivity index (χ3n) is 1.61. The molecule has 13 heavy (non-hydrogen) atoms. The summed E-state index contributed by atoms with van der Waals surface area (Å²) in [5.41, 5.74) is 0.880. The Hall–Kier alpha value is -1.58. The van der Waals surface area contributed by atoms with Crippen molar-refractivity contribution < 1.29 is 14.1 Å². The molecule has 1 rings (SSSR count). The van der Waals surface area contributed by atoms with Gasteiger partial charge in [-0.15, -0.1) is 0 Å². The zero-order chi connectivity index (χ0) is 9.84. The molecule has 0 atom stereocenters. The number of rotatable bonds is 3. The molecule has 4 heteroatoms. The molecule has 0 bridgehead atoms. The third-order valence-corrected chi connectivity index (χ3v) is 1.61. The summed E-state index contributed by atoms with van der Waals surface area (Å²) in [6, 6.07) is 0. The lowest BCUT2D eigenvalue weighted by Gasteiger charge is -1.96. The van der Waals surface area contributed by atoms with Crippen LogP contribution in [0.4, 0.5) is 0 Å². The Morgan fingerprint density at radius 3 is 2.92 bits per heavy atom. The average Bonchev–Trinajstić information content (AvgIpc) is 2.47. The number of carbonyl (C=O) groups excluding carboxylic acids is 1. The molecule has 1 aromatic heterocycles. The fourth-order valence-corrected chi connectivity index (χ4v) is 0.929. The van der Waals surface area contributed by atoms with Gasteiger partial charge in [0.25, 0.3) is 0 Å². The molecule has 0 saturated heterocycles. The second-order valence-corrected chi connectivity index (χ2v) is 2.45. The summed E-state index contributed by atoms with van der Waals surface area (Å²) >= 11 is 0. The van der Waals surface area contributed by atoms with E-state index in [9.17, 15) is 4.79 Å². The first kappa shape index (κ1) is 9.51. The molecule has 0 aromatic carbocycles. The zero-order valence-corrected chi connectivity index (χ0v) is 7.66. The van der Waals surface area contributed by atoms with Gasteiger partial charge in [0.15, 0.2) is 11.5 Å². The Kier molecular flexibility index (Phi) is 2.84. The molecule has 4 nitrogen and oxygen atoms in total. The number of hydrogen-bond acceptors (Lipinski definition) is 4. The summed E-state index contributed by atoms with van der Waals surface area (Å²) in [4.78, 5) is 11.2. The summed E-state index contributed by atoms with van der Waals surface area (Å²) in [6.07, 6.45) is 1.51. The van der Waals surface area contributed by atoms with E-state index in [1.807, 2.05) is 0 Å². The quantitative estimate of drug-likeness (QED) is 0.667. The SMILES string of the molecule is C=Cc1onc(C(=O)OCC)c1C. The van der Waals surface area contributed by atoms with Gasteiger partial charge in [0, 0.05) is 5.56 Å². The van der Waals surface area contributed by atoms with Crippen LogP contribution >= 0.6 is 0 Å². The molecule has 0 aliphatic rings. The molecule has 0 amide bonds. The van der Waals surface area contributed by atoms with Crippen LogP contribution in [0, 0.1) is 6.92 Å². The van der Waals surface area contributed by atoms with Gasteiger partial charge in [0.2, 0.25) is 0 Å². The van der Waals surface area contributed by atoms with Crippen molar-refractivity contribution in [2.45, 2.75) is 13.8 Å². The molecule has 0 saturated carbocycles. The van der Waals surface area contributed by atoms with Gasteiger partial charge in [-0.05, 0) is 19.9 Å². The van der Waals surface area contributed by atoms with E-state index in [1.54, 1.807) is 13.8 Å². The summed E-state index contributed by atoms with van der Waals surface area (Å²) < 4.78 is 9.61. The maximum absolute atomic E-state index is 11.2. The van der Waals surface area contributed by atoms with Crippen molar-refractivity contribution in [1.29, 1.82) is 0 Å². The number of carbonyl (C=O) groups is 1. The second-order valence-electron chi connectivity index (χ2n) is 2.45. The fraction of sp³-hybridized carbons (Fsp3) is 0.333. The number of aromatic nitrogens is 1. The standard InChI is InChI=1S/C9H11NO3/c1-4-7-6(3)8(10-13-7)9(11)12-5-2/h4H,1,5H2,2-3H3. The Morgan fingerprint density at radius 2 is 2.46 bits per heavy atom. The Labute approximate surface area is 76.2 Å². The number of hydrogen-bond donors (Lipinski definition) is 0. The van der Waals surface area contributed by atoms with Crippen molar-refractivity contribution in [3.05, 3.63) is 23.6 Å². The Morgan fingerprint density at radius 1 is 1.77 bits per heavy atom. The van der Waals surface area contributed by atoms with Crippen LogP contribution in [0.5, 0.6) is 0 Å². The highest BCUT2D eigenvalue weighted by Crippen LogP contribution is 2.14. The van der Waals surface area contributed by atoms with Crippen molar-refractivity contribution in [3.8, 4) is 0 Å². The molecule has 0 unspecified atom stereocenters. The van der Waals surface area contributed by atoms with Crippen LogP contribution in [-0.2, 0) is 4.74 Å². The molecule has 70 valence electrons. The van der Waals surface area contributed by atoms with Crippen LogP contribution in [0.15, 0.2) is 11.1 Å². The number of nitrogens with zero attached hydrogens (tertiary/aromatic N) is 1. The van der Waals surface area contributed by atoms with Crippen molar-refractivity contribution in [2.75, 3.05) is 6.61 Å². The highest BCUT2D eigenvalue weighted by Gasteiger charge is 2.17. The third kappa shape index (κ3) is 1.77. The van der Waals surface area contributed by atoms with Crippen LogP contribution in [-0.4, -0.2) is 17.7 Å². The van der Waals surface area contributed by atoms with E-state index < -0.39 is 5.97 Å². The molecular weight excluding hydrogens is 170 g/mol. The van der Waals surface area contributed by atoms with E-state index in [1.165, 1.54) is 6.08 Å². The minimum Gasteiger partial charge on any atom is -0.461 e. The van der Waals surface area contributed by atoms with E-state index in [0.29, 0.717) is 17.9 Å². The number of ether oxygens (including phenoxy) is 1. The molecule has 0 aliphatic heterocycles. The lowest BCUT2D eigenvalue weighted by atomic mass is 10.2. The van der Waals surface area contributed by atoms with E-state index >= 15 is 0 Å². The van der Waals surface area contributed by atoms with Crippen molar-refractivity contribution in [3.63, 3.8) is 0 Å². The second kappa shape index (κ2) is 3.89. The predicted octanol–water partition coefficient (Wildman–Crippen LogP) is 1.80. The number of esters is 1. The van der Waals surface area contributed by atoms with Gasteiger partial charge in [-0.3, -0.25) is 0 Å². The van der Waals surface area contributed by atoms with E-state index in [2.05, 4.69) is 11.7 Å². The van der Waals surface area contributed by atoms with E-state index in [4.69, 9.17) is 9.26 Å². The summed E-state index contributed by atoms with van der Waals surface area (Å²) in [5.74, 6) is 0.0416. The molecule has 1 aromatic rings. The topological polar surface area (TPSA) is 52.3 Å². The summed E-state index contributed by atoms with van der Waals surface area (Å²) in [6.45, 7) is 7.33. The minimum atomic E-state index is -0.461.